The lowest BCUT2D eigenvalue weighted by Crippen LogP contribution is -2.36. The molecule has 0 bridgehead atoms. The first-order valence-corrected chi connectivity index (χ1v) is 7.71. The van der Waals surface area contributed by atoms with Crippen molar-refractivity contribution in [3.8, 4) is 0 Å². The van der Waals surface area contributed by atoms with Crippen molar-refractivity contribution in [1.29, 1.82) is 0 Å². The van der Waals surface area contributed by atoms with Gasteiger partial charge in [0.2, 0.25) is 0 Å². The third kappa shape index (κ3) is 4.59. The summed E-state index contributed by atoms with van der Waals surface area (Å²) < 4.78 is 0. The molecule has 100 valence electrons. The lowest BCUT2D eigenvalue weighted by atomic mass is 9.94. The van der Waals surface area contributed by atoms with Crippen molar-refractivity contribution in [1.82, 2.24) is 10.2 Å². The molecule has 2 saturated carbocycles. The Bertz CT molecular complexity index is 207. The minimum Gasteiger partial charge on any atom is -0.314 e. The Morgan fingerprint density at radius 3 is 2.47 bits per heavy atom. The Morgan fingerprint density at radius 2 is 1.82 bits per heavy atom. The highest BCUT2D eigenvalue weighted by molar-refractivity contribution is 4.83. The molecule has 2 nitrogen and oxygen atoms in total. The molecule has 17 heavy (non-hydrogen) atoms. The number of hydrogen-bond acceptors (Lipinski definition) is 2. The van der Waals surface area contributed by atoms with Crippen molar-refractivity contribution < 1.29 is 0 Å². The van der Waals surface area contributed by atoms with E-state index in [2.05, 4.69) is 24.2 Å². The van der Waals surface area contributed by atoms with Gasteiger partial charge in [0.05, 0.1) is 0 Å². The van der Waals surface area contributed by atoms with Gasteiger partial charge >= 0.3 is 0 Å². The van der Waals surface area contributed by atoms with E-state index in [-0.39, 0.29) is 0 Å². The summed E-state index contributed by atoms with van der Waals surface area (Å²) in [5.41, 5.74) is 0. The highest BCUT2D eigenvalue weighted by atomic mass is 15.1. The predicted octanol–water partition coefficient (Wildman–Crippen LogP) is 3.03. The Morgan fingerprint density at radius 1 is 1.12 bits per heavy atom. The van der Waals surface area contributed by atoms with E-state index in [9.17, 15) is 0 Å². The summed E-state index contributed by atoms with van der Waals surface area (Å²) in [5, 5.41) is 3.68. The molecular formula is C15H30N2. The smallest absolute Gasteiger partial charge is 0.00922 e. The first-order valence-electron chi connectivity index (χ1n) is 7.71. The molecule has 0 heterocycles. The molecule has 2 rings (SSSR count). The van der Waals surface area contributed by atoms with Gasteiger partial charge in [-0.25, -0.2) is 0 Å². The minimum absolute atomic E-state index is 0.759. The minimum atomic E-state index is 0.759. The van der Waals surface area contributed by atoms with E-state index in [4.69, 9.17) is 0 Å². The van der Waals surface area contributed by atoms with Gasteiger partial charge in [-0.3, -0.25) is 0 Å². The molecule has 0 aromatic rings. The fraction of sp³-hybridized carbons (Fsp3) is 1.00. The molecule has 0 radical (unpaired) electrons. The van der Waals surface area contributed by atoms with Crippen LogP contribution in [0, 0.1) is 5.92 Å². The molecule has 2 heteroatoms. The van der Waals surface area contributed by atoms with Crippen molar-refractivity contribution in [2.24, 2.45) is 5.92 Å². The van der Waals surface area contributed by atoms with Gasteiger partial charge in [0.15, 0.2) is 0 Å². The van der Waals surface area contributed by atoms with Crippen molar-refractivity contribution >= 4 is 0 Å². The van der Waals surface area contributed by atoms with Crippen LogP contribution in [-0.4, -0.2) is 37.1 Å². The fourth-order valence-corrected chi connectivity index (χ4v) is 3.13. The molecule has 1 unspecified atom stereocenters. The molecule has 2 fully saturated rings. The number of rotatable bonds is 7. The van der Waals surface area contributed by atoms with Crippen LogP contribution < -0.4 is 5.32 Å². The zero-order chi connectivity index (χ0) is 12.1. The molecule has 0 saturated heterocycles. The Labute approximate surface area is 107 Å². The van der Waals surface area contributed by atoms with Crippen molar-refractivity contribution in [2.75, 3.05) is 20.1 Å². The molecular weight excluding hydrogens is 208 g/mol. The zero-order valence-corrected chi connectivity index (χ0v) is 11.8. The van der Waals surface area contributed by atoms with Crippen LogP contribution in [0.1, 0.15) is 58.3 Å². The summed E-state index contributed by atoms with van der Waals surface area (Å²) >= 11 is 0. The number of nitrogens with one attached hydrogen (secondary N) is 1. The zero-order valence-electron chi connectivity index (χ0n) is 11.8. The second-order valence-corrected chi connectivity index (χ2v) is 6.21. The second kappa shape index (κ2) is 6.75. The number of nitrogens with zero attached hydrogens (tertiary/aromatic N) is 1. The summed E-state index contributed by atoms with van der Waals surface area (Å²) in [5.74, 6) is 0.992. The average molecular weight is 238 g/mol. The van der Waals surface area contributed by atoms with Crippen molar-refractivity contribution in [3.05, 3.63) is 0 Å². The average Bonchev–Trinajstić information content (AvgIpc) is 3.19. The first kappa shape index (κ1) is 13.4. The molecule has 0 aromatic heterocycles. The van der Waals surface area contributed by atoms with E-state index in [1.54, 1.807) is 0 Å². The third-order valence-corrected chi connectivity index (χ3v) is 4.68. The molecule has 0 spiro atoms. The monoisotopic (exact) mass is 238 g/mol. The van der Waals surface area contributed by atoms with Gasteiger partial charge in [0, 0.05) is 12.1 Å². The summed E-state index contributed by atoms with van der Waals surface area (Å²) in [6.07, 6.45) is 11.4. The van der Waals surface area contributed by atoms with Crippen LogP contribution in [0.5, 0.6) is 0 Å². The van der Waals surface area contributed by atoms with E-state index in [0.29, 0.717) is 0 Å². The maximum atomic E-state index is 3.68. The highest BCUT2D eigenvalue weighted by Crippen LogP contribution is 2.32. The van der Waals surface area contributed by atoms with Gasteiger partial charge in [-0.05, 0) is 65.1 Å². The lowest BCUT2D eigenvalue weighted by molar-refractivity contribution is 0.189. The van der Waals surface area contributed by atoms with Gasteiger partial charge in [-0.15, -0.1) is 0 Å². The van der Waals surface area contributed by atoms with Crippen LogP contribution in [0.4, 0.5) is 0 Å². The van der Waals surface area contributed by atoms with E-state index < -0.39 is 0 Å². The van der Waals surface area contributed by atoms with Crippen LogP contribution in [0.25, 0.3) is 0 Å². The molecule has 1 N–H and O–H groups in total. The molecule has 0 aliphatic heterocycles. The largest absolute Gasteiger partial charge is 0.314 e. The fourth-order valence-electron chi connectivity index (χ4n) is 3.13. The standard InChI is InChI=1S/C15H30N2/c1-13(14-9-10-14)16-11-6-12-17(2)15-7-4-3-5-8-15/h13-16H,3-12H2,1-2H3. The molecule has 2 aliphatic carbocycles. The van der Waals surface area contributed by atoms with E-state index in [1.165, 1.54) is 64.5 Å². The number of hydrogen-bond donors (Lipinski definition) is 1. The molecule has 1 atom stereocenters. The van der Waals surface area contributed by atoms with Crippen molar-refractivity contribution in [2.45, 2.75) is 70.4 Å². The van der Waals surface area contributed by atoms with Gasteiger partial charge in [0.25, 0.3) is 0 Å². The Hall–Kier alpha value is -0.0800. The van der Waals surface area contributed by atoms with Crippen LogP contribution in [0.2, 0.25) is 0 Å². The van der Waals surface area contributed by atoms with Gasteiger partial charge in [0.1, 0.15) is 0 Å². The maximum absolute atomic E-state index is 3.68. The normalized spacial score (nSPS) is 24.2. The van der Waals surface area contributed by atoms with Gasteiger partial charge in [-0.2, -0.15) is 0 Å². The molecule has 0 amide bonds. The second-order valence-electron chi connectivity index (χ2n) is 6.21. The van der Waals surface area contributed by atoms with Crippen LogP contribution >= 0.6 is 0 Å². The highest BCUT2D eigenvalue weighted by Gasteiger charge is 2.27. The summed E-state index contributed by atoms with van der Waals surface area (Å²) in [7, 11) is 2.32. The maximum Gasteiger partial charge on any atom is 0.00922 e. The van der Waals surface area contributed by atoms with Crippen LogP contribution in [-0.2, 0) is 0 Å². The van der Waals surface area contributed by atoms with Crippen molar-refractivity contribution in [3.63, 3.8) is 0 Å². The predicted molar refractivity (Wildman–Crippen MR) is 74.3 cm³/mol. The quantitative estimate of drug-likeness (QED) is 0.686. The lowest BCUT2D eigenvalue weighted by Gasteiger charge is -2.31. The molecule has 2 aliphatic rings. The summed E-state index contributed by atoms with van der Waals surface area (Å²) in [4.78, 5) is 2.60. The third-order valence-electron chi connectivity index (χ3n) is 4.68. The topological polar surface area (TPSA) is 15.3 Å². The van der Waals surface area contributed by atoms with E-state index >= 15 is 0 Å². The van der Waals surface area contributed by atoms with Crippen LogP contribution in [0.15, 0.2) is 0 Å². The van der Waals surface area contributed by atoms with E-state index in [0.717, 1.165) is 18.0 Å². The SMILES string of the molecule is CC(NCCCN(C)C1CCCCC1)C1CC1. The van der Waals surface area contributed by atoms with Gasteiger partial charge < -0.3 is 10.2 Å². The molecule has 0 aromatic carbocycles. The Kier molecular flexibility index (Phi) is 5.30. The van der Waals surface area contributed by atoms with Crippen LogP contribution in [0.3, 0.4) is 0 Å². The summed E-state index contributed by atoms with van der Waals surface area (Å²) in [6.45, 7) is 4.83. The Balaban J connectivity index is 1.51. The first-order chi connectivity index (χ1) is 8.27. The summed E-state index contributed by atoms with van der Waals surface area (Å²) in [6, 6.07) is 1.64. The van der Waals surface area contributed by atoms with E-state index in [1.807, 2.05) is 0 Å². The van der Waals surface area contributed by atoms with Gasteiger partial charge in [-0.1, -0.05) is 19.3 Å².